The van der Waals surface area contributed by atoms with Crippen molar-refractivity contribution in [2.75, 3.05) is 5.32 Å². The fourth-order valence-electron chi connectivity index (χ4n) is 4.07. The van der Waals surface area contributed by atoms with Crippen molar-refractivity contribution in [1.82, 2.24) is 20.1 Å². The Labute approximate surface area is 210 Å². The van der Waals surface area contributed by atoms with E-state index in [1.807, 2.05) is 0 Å². The van der Waals surface area contributed by atoms with E-state index in [1.165, 1.54) is 19.3 Å². The van der Waals surface area contributed by atoms with Crippen LogP contribution < -0.4 is 16.5 Å². The highest BCUT2D eigenvalue weighted by atomic mass is 19.4. The monoisotopic (exact) mass is 527 g/mol. The molecule has 13 heteroatoms. The van der Waals surface area contributed by atoms with Crippen molar-refractivity contribution in [2.24, 2.45) is 0 Å². The van der Waals surface area contributed by atoms with Crippen LogP contribution in [-0.2, 0) is 6.18 Å². The number of aromatic amines is 1. The molecule has 0 spiro atoms. The van der Waals surface area contributed by atoms with Gasteiger partial charge >= 0.3 is 11.9 Å². The fraction of sp³-hybridized carbons (Fsp3) is 0.160. The summed E-state index contributed by atoms with van der Waals surface area (Å²) in [7, 11) is 0. The highest BCUT2D eigenvalue weighted by molar-refractivity contribution is 5.85. The second kappa shape index (κ2) is 9.25. The summed E-state index contributed by atoms with van der Waals surface area (Å²) >= 11 is 0. The predicted molar refractivity (Wildman–Crippen MR) is 128 cm³/mol. The Kier molecular flexibility index (Phi) is 6.05. The molecule has 38 heavy (non-hydrogen) atoms. The van der Waals surface area contributed by atoms with Gasteiger partial charge in [0.2, 0.25) is 5.82 Å². The molecule has 0 aliphatic heterocycles. The third-order valence-corrected chi connectivity index (χ3v) is 5.85. The van der Waals surface area contributed by atoms with Crippen molar-refractivity contribution >= 4 is 16.7 Å². The number of anilines is 1. The van der Waals surface area contributed by atoms with Crippen LogP contribution in [-0.4, -0.2) is 20.1 Å². The second-order valence-corrected chi connectivity index (χ2v) is 8.43. The van der Waals surface area contributed by atoms with Gasteiger partial charge in [-0.25, -0.2) is 9.18 Å². The SMILES string of the molecule is Cc1c(-c2cncc(F)c2)oc2c([C@@H](C)Nc3cccnc3-c3noc(=O)[nH]3)cc(C(F)(F)F)cc2c1=O. The molecule has 5 aromatic rings. The highest BCUT2D eigenvalue weighted by Crippen LogP contribution is 2.38. The number of rotatable bonds is 5. The molecule has 0 aliphatic rings. The van der Waals surface area contributed by atoms with E-state index in [4.69, 9.17) is 4.42 Å². The minimum Gasteiger partial charge on any atom is -0.455 e. The zero-order valence-corrected chi connectivity index (χ0v) is 19.7. The lowest BCUT2D eigenvalue weighted by Gasteiger charge is -2.20. The lowest BCUT2D eigenvalue weighted by atomic mass is 9.98. The molecular formula is C25H17F4N5O4. The van der Waals surface area contributed by atoms with Gasteiger partial charge < -0.3 is 9.73 Å². The van der Waals surface area contributed by atoms with Crippen molar-refractivity contribution in [3.05, 3.63) is 92.2 Å². The zero-order chi connectivity index (χ0) is 27.2. The van der Waals surface area contributed by atoms with Gasteiger partial charge in [0, 0.05) is 29.1 Å². The number of alkyl halides is 3. The number of nitrogens with zero attached hydrogens (tertiary/aromatic N) is 3. The summed E-state index contributed by atoms with van der Waals surface area (Å²) in [6.45, 7) is 2.94. The maximum absolute atomic E-state index is 13.9. The Morgan fingerprint density at radius 2 is 1.92 bits per heavy atom. The molecular weight excluding hydrogens is 510 g/mol. The average Bonchev–Trinajstić information content (AvgIpc) is 3.31. The Hall–Kier alpha value is -4.81. The number of nitrogens with one attached hydrogen (secondary N) is 2. The summed E-state index contributed by atoms with van der Waals surface area (Å²) < 4.78 is 65.9. The summed E-state index contributed by atoms with van der Waals surface area (Å²) in [6.07, 6.45) is -1.07. The maximum Gasteiger partial charge on any atom is 0.439 e. The molecule has 0 radical (unpaired) electrons. The Morgan fingerprint density at radius 1 is 1.13 bits per heavy atom. The van der Waals surface area contributed by atoms with Gasteiger partial charge in [0.25, 0.3) is 0 Å². The first kappa shape index (κ1) is 24.9. The van der Waals surface area contributed by atoms with Gasteiger partial charge in [-0.2, -0.15) is 13.2 Å². The third kappa shape index (κ3) is 4.53. The first-order valence-corrected chi connectivity index (χ1v) is 11.1. The van der Waals surface area contributed by atoms with Crippen LogP contribution in [0.1, 0.15) is 29.7 Å². The van der Waals surface area contributed by atoms with Gasteiger partial charge in [0.15, 0.2) is 5.43 Å². The standard InChI is InChI=1S/C25H17F4N5O4/c1-11-20(35)17-8-14(25(27,28)29)7-16(22(17)37-21(11)13-6-15(26)10-30-9-13)12(2)32-18-4-3-5-31-19(18)23-33-24(36)38-34-23/h3-10,12,32H,1-2H3,(H,33,34,36)/t12-/m1/s1. The number of halogens is 4. The van der Waals surface area contributed by atoms with Crippen LogP contribution in [0.2, 0.25) is 0 Å². The van der Waals surface area contributed by atoms with Crippen LogP contribution in [0.5, 0.6) is 0 Å². The lowest BCUT2D eigenvalue weighted by molar-refractivity contribution is -0.137. The molecule has 0 bridgehead atoms. The third-order valence-electron chi connectivity index (χ3n) is 5.85. The molecule has 0 fully saturated rings. The number of hydrogen-bond acceptors (Lipinski definition) is 8. The summed E-state index contributed by atoms with van der Waals surface area (Å²) in [6, 6.07) is 4.97. The molecule has 2 N–H and O–H groups in total. The van der Waals surface area contributed by atoms with E-state index in [1.54, 1.807) is 19.1 Å². The number of H-pyrrole nitrogens is 1. The molecule has 0 unspecified atom stereocenters. The molecule has 4 heterocycles. The van der Waals surface area contributed by atoms with Crippen molar-refractivity contribution in [3.63, 3.8) is 0 Å². The molecule has 1 atom stereocenters. The molecule has 0 aliphatic carbocycles. The molecule has 0 amide bonds. The van der Waals surface area contributed by atoms with Crippen molar-refractivity contribution in [3.8, 4) is 22.8 Å². The van der Waals surface area contributed by atoms with Crippen LogP contribution >= 0.6 is 0 Å². The molecule has 4 aromatic heterocycles. The van der Waals surface area contributed by atoms with Crippen LogP contribution in [0.3, 0.4) is 0 Å². The van der Waals surface area contributed by atoms with Crippen LogP contribution in [0.4, 0.5) is 23.2 Å². The van der Waals surface area contributed by atoms with E-state index in [9.17, 15) is 27.2 Å². The molecule has 9 nitrogen and oxygen atoms in total. The normalized spacial score (nSPS) is 12.6. The van der Waals surface area contributed by atoms with Gasteiger partial charge in [-0.15, -0.1) is 0 Å². The number of aromatic nitrogens is 4. The molecule has 0 saturated heterocycles. The van der Waals surface area contributed by atoms with Gasteiger partial charge in [-0.05, 0) is 44.2 Å². The maximum atomic E-state index is 13.9. The molecule has 1 aromatic carbocycles. The van der Waals surface area contributed by atoms with E-state index in [0.717, 1.165) is 24.4 Å². The predicted octanol–water partition coefficient (Wildman–Crippen LogP) is 5.23. The Morgan fingerprint density at radius 3 is 2.61 bits per heavy atom. The minimum atomic E-state index is -4.76. The number of pyridine rings is 2. The topological polar surface area (TPSA) is 127 Å². The smallest absolute Gasteiger partial charge is 0.439 e. The number of hydrogen-bond donors (Lipinski definition) is 2. The van der Waals surface area contributed by atoms with Crippen molar-refractivity contribution < 1.29 is 26.5 Å². The first-order chi connectivity index (χ1) is 18.0. The van der Waals surface area contributed by atoms with E-state index in [0.29, 0.717) is 5.69 Å². The Balaban J connectivity index is 1.71. The first-order valence-electron chi connectivity index (χ1n) is 11.1. The molecule has 194 valence electrons. The average molecular weight is 527 g/mol. The van der Waals surface area contributed by atoms with Crippen molar-refractivity contribution in [2.45, 2.75) is 26.1 Å². The van der Waals surface area contributed by atoms with Gasteiger partial charge in [0.1, 0.15) is 22.9 Å². The van der Waals surface area contributed by atoms with E-state index >= 15 is 0 Å². The van der Waals surface area contributed by atoms with E-state index < -0.39 is 34.8 Å². The number of fused-ring (bicyclic) bond motifs is 1. The summed E-state index contributed by atoms with van der Waals surface area (Å²) in [5.41, 5.74) is -1.24. The fourth-order valence-corrected chi connectivity index (χ4v) is 4.07. The summed E-state index contributed by atoms with van der Waals surface area (Å²) in [4.78, 5) is 35.0. The molecule has 5 rings (SSSR count). The van der Waals surface area contributed by atoms with Gasteiger partial charge in [-0.3, -0.25) is 24.3 Å². The number of benzene rings is 1. The minimum absolute atomic E-state index is 0.000295. The highest BCUT2D eigenvalue weighted by Gasteiger charge is 2.33. The quantitative estimate of drug-likeness (QED) is 0.298. The molecule has 0 saturated carbocycles. The van der Waals surface area contributed by atoms with Crippen LogP contribution in [0.25, 0.3) is 33.8 Å². The Bertz CT molecular complexity index is 1790. The van der Waals surface area contributed by atoms with Crippen molar-refractivity contribution in [1.29, 1.82) is 0 Å². The lowest BCUT2D eigenvalue weighted by Crippen LogP contribution is -2.15. The zero-order valence-electron chi connectivity index (χ0n) is 19.7. The van der Waals surface area contributed by atoms with Crippen LogP contribution in [0, 0.1) is 12.7 Å². The van der Waals surface area contributed by atoms with Crippen LogP contribution in [0.15, 0.2) is 67.5 Å². The summed E-state index contributed by atoms with van der Waals surface area (Å²) in [5.74, 6) is -1.51. The van der Waals surface area contributed by atoms with E-state index in [-0.39, 0.29) is 44.9 Å². The van der Waals surface area contributed by atoms with E-state index in [2.05, 4.69) is 29.9 Å². The largest absolute Gasteiger partial charge is 0.455 e. The van der Waals surface area contributed by atoms with Gasteiger partial charge in [0.05, 0.1) is 28.9 Å². The summed E-state index contributed by atoms with van der Waals surface area (Å²) in [5, 5.41) is 6.36. The van der Waals surface area contributed by atoms with Gasteiger partial charge in [-0.1, -0.05) is 5.16 Å². The second-order valence-electron chi connectivity index (χ2n) is 8.43.